The Balaban J connectivity index is 1.95. The summed E-state index contributed by atoms with van der Waals surface area (Å²) in [5.74, 6) is 1.04. The highest BCUT2D eigenvalue weighted by Crippen LogP contribution is 2.30. The minimum atomic E-state index is 0.190. The number of benzene rings is 1. The van der Waals surface area contributed by atoms with Crippen LogP contribution in [0.5, 0.6) is 5.75 Å². The van der Waals surface area contributed by atoms with E-state index in [1.54, 1.807) is 0 Å². The molecule has 21 heavy (non-hydrogen) atoms. The van der Waals surface area contributed by atoms with Gasteiger partial charge in [0, 0.05) is 19.2 Å². The maximum Gasteiger partial charge on any atom is 0.122 e. The summed E-state index contributed by atoms with van der Waals surface area (Å²) in [6.45, 7) is 7.01. The van der Waals surface area contributed by atoms with Crippen molar-refractivity contribution in [3.63, 3.8) is 0 Å². The SMILES string of the molecule is CCCn1nccc1C(NCC)c1ccc2c(c1)CCO2. The van der Waals surface area contributed by atoms with Crippen molar-refractivity contribution in [2.75, 3.05) is 13.2 Å². The lowest BCUT2D eigenvalue weighted by molar-refractivity contribution is 0.356. The van der Waals surface area contributed by atoms with Crippen LogP contribution in [0.2, 0.25) is 0 Å². The maximum absolute atomic E-state index is 5.61. The molecule has 0 spiro atoms. The maximum atomic E-state index is 5.61. The molecule has 1 N–H and O–H groups in total. The number of ether oxygens (including phenoxy) is 1. The first-order valence-electron chi connectivity index (χ1n) is 7.84. The normalized spacial score (nSPS) is 14.8. The molecule has 0 saturated carbocycles. The van der Waals surface area contributed by atoms with Crippen molar-refractivity contribution in [2.45, 2.75) is 39.3 Å². The van der Waals surface area contributed by atoms with Crippen LogP contribution in [0.3, 0.4) is 0 Å². The van der Waals surface area contributed by atoms with Gasteiger partial charge < -0.3 is 10.1 Å². The van der Waals surface area contributed by atoms with E-state index in [4.69, 9.17) is 4.74 Å². The first-order chi connectivity index (χ1) is 10.3. The van der Waals surface area contributed by atoms with Gasteiger partial charge in [-0.05, 0) is 36.2 Å². The second-order valence-corrected chi connectivity index (χ2v) is 5.44. The molecule has 4 nitrogen and oxygen atoms in total. The lowest BCUT2D eigenvalue weighted by Crippen LogP contribution is -2.25. The van der Waals surface area contributed by atoms with Gasteiger partial charge in [-0.2, -0.15) is 5.10 Å². The molecule has 1 aliphatic rings. The zero-order chi connectivity index (χ0) is 14.7. The van der Waals surface area contributed by atoms with E-state index in [0.717, 1.165) is 38.3 Å². The van der Waals surface area contributed by atoms with Crippen LogP contribution in [-0.4, -0.2) is 22.9 Å². The average molecular weight is 285 g/mol. The van der Waals surface area contributed by atoms with E-state index in [2.05, 4.69) is 53.2 Å². The number of nitrogens with zero attached hydrogens (tertiary/aromatic N) is 2. The third kappa shape index (κ3) is 2.81. The molecule has 0 aliphatic carbocycles. The predicted octanol–water partition coefficient (Wildman–Crippen LogP) is 2.93. The number of hydrogen-bond acceptors (Lipinski definition) is 3. The van der Waals surface area contributed by atoms with Gasteiger partial charge in [-0.1, -0.05) is 26.0 Å². The molecular formula is C17H23N3O. The highest BCUT2D eigenvalue weighted by molar-refractivity contribution is 5.42. The van der Waals surface area contributed by atoms with Gasteiger partial charge in [0.2, 0.25) is 0 Å². The van der Waals surface area contributed by atoms with Crippen LogP contribution < -0.4 is 10.1 Å². The van der Waals surface area contributed by atoms with E-state index < -0.39 is 0 Å². The molecule has 2 heterocycles. The van der Waals surface area contributed by atoms with E-state index in [-0.39, 0.29) is 6.04 Å². The quantitative estimate of drug-likeness (QED) is 0.887. The summed E-state index contributed by atoms with van der Waals surface area (Å²) in [6.07, 6.45) is 3.99. The zero-order valence-corrected chi connectivity index (χ0v) is 12.8. The van der Waals surface area contributed by atoms with E-state index in [1.807, 2.05) is 6.20 Å². The number of fused-ring (bicyclic) bond motifs is 1. The van der Waals surface area contributed by atoms with Gasteiger partial charge >= 0.3 is 0 Å². The number of aryl methyl sites for hydroxylation is 1. The molecule has 1 aromatic heterocycles. The van der Waals surface area contributed by atoms with Crippen LogP contribution in [0.1, 0.15) is 43.1 Å². The summed E-state index contributed by atoms with van der Waals surface area (Å²) in [6, 6.07) is 8.85. The first kappa shape index (κ1) is 14.1. The molecule has 1 atom stereocenters. The minimum absolute atomic E-state index is 0.190. The van der Waals surface area contributed by atoms with Gasteiger partial charge in [0.15, 0.2) is 0 Å². The summed E-state index contributed by atoms with van der Waals surface area (Å²) in [5, 5.41) is 8.05. The van der Waals surface area contributed by atoms with Gasteiger partial charge in [0.25, 0.3) is 0 Å². The van der Waals surface area contributed by atoms with Crippen molar-refractivity contribution in [3.8, 4) is 5.75 Å². The lowest BCUT2D eigenvalue weighted by atomic mass is 10.00. The van der Waals surface area contributed by atoms with Crippen molar-refractivity contribution in [2.24, 2.45) is 0 Å². The Bertz CT molecular complexity index is 606. The van der Waals surface area contributed by atoms with Crippen LogP contribution >= 0.6 is 0 Å². The second-order valence-electron chi connectivity index (χ2n) is 5.44. The molecule has 0 fully saturated rings. The molecule has 4 heteroatoms. The van der Waals surface area contributed by atoms with Crippen LogP contribution in [0, 0.1) is 0 Å². The Labute approximate surface area is 126 Å². The summed E-state index contributed by atoms with van der Waals surface area (Å²) < 4.78 is 7.72. The van der Waals surface area contributed by atoms with Crippen molar-refractivity contribution in [1.82, 2.24) is 15.1 Å². The second kappa shape index (κ2) is 6.31. The smallest absolute Gasteiger partial charge is 0.122 e. The van der Waals surface area contributed by atoms with Crippen LogP contribution in [0.25, 0.3) is 0 Å². The highest BCUT2D eigenvalue weighted by atomic mass is 16.5. The Kier molecular flexibility index (Phi) is 4.25. The van der Waals surface area contributed by atoms with Crippen molar-refractivity contribution in [1.29, 1.82) is 0 Å². The largest absolute Gasteiger partial charge is 0.493 e. The topological polar surface area (TPSA) is 39.1 Å². The van der Waals surface area contributed by atoms with Crippen LogP contribution in [0.4, 0.5) is 0 Å². The fourth-order valence-corrected chi connectivity index (χ4v) is 2.97. The molecule has 3 rings (SSSR count). The Hall–Kier alpha value is -1.81. The number of hydrogen-bond donors (Lipinski definition) is 1. The minimum Gasteiger partial charge on any atom is -0.493 e. The molecular weight excluding hydrogens is 262 g/mol. The van der Waals surface area contributed by atoms with Crippen LogP contribution in [-0.2, 0) is 13.0 Å². The standard InChI is InChI=1S/C17H23N3O/c1-3-10-20-15(7-9-19-20)17(18-4-2)14-5-6-16-13(12-14)8-11-21-16/h5-7,9,12,17-18H,3-4,8,10-11H2,1-2H3. The molecule has 0 radical (unpaired) electrons. The summed E-state index contributed by atoms with van der Waals surface area (Å²) in [4.78, 5) is 0. The number of aromatic nitrogens is 2. The Morgan fingerprint density at radius 3 is 3.05 bits per heavy atom. The molecule has 1 unspecified atom stereocenters. The fraction of sp³-hybridized carbons (Fsp3) is 0.471. The monoisotopic (exact) mass is 285 g/mol. The van der Waals surface area contributed by atoms with Gasteiger partial charge in [-0.25, -0.2) is 0 Å². The molecule has 112 valence electrons. The molecule has 1 aromatic carbocycles. The Morgan fingerprint density at radius 1 is 1.33 bits per heavy atom. The van der Waals surface area contributed by atoms with Gasteiger partial charge in [0.1, 0.15) is 5.75 Å². The highest BCUT2D eigenvalue weighted by Gasteiger charge is 2.20. The number of rotatable bonds is 6. The van der Waals surface area contributed by atoms with Crippen molar-refractivity contribution >= 4 is 0 Å². The third-order valence-corrected chi connectivity index (χ3v) is 3.94. The molecule has 0 bridgehead atoms. The van der Waals surface area contributed by atoms with E-state index in [1.165, 1.54) is 16.8 Å². The first-order valence-corrected chi connectivity index (χ1v) is 7.84. The van der Waals surface area contributed by atoms with E-state index in [9.17, 15) is 0 Å². The molecule has 2 aromatic rings. The molecule has 1 aliphatic heterocycles. The summed E-state index contributed by atoms with van der Waals surface area (Å²) in [5.41, 5.74) is 3.84. The van der Waals surface area contributed by atoms with Gasteiger partial charge in [0.05, 0.1) is 18.3 Å². The molecule has 0 saturated heterocycles. The van der Waals surface area contributed by atoms with E-state index >= 15 is 0 Å². The van der Waals surface area contributed by atoms with E-state index in [0.29, 0.717) is 0 Å². The van der Waals surface area contributed by atoms with Crippen LogP contribution in [0.15, 0.2) is 30.5 Å². The van der Waals surface area contributed by atoms with Gasteiger partial charge in [-0.3, -0.25) is 4.68 Å². The average Bonchev–Trinajstić information content (AvgIpc) is 3.13. The lowest BCUT2D eigenvalue weighted by Gasteiger charge is -2.20. The van der Waals surface area contributed by atoms with Gasteiger partial charge in [-0.15, -0.1) is 0 Å². The summed E-state index contributed by atoms with van der Waals surface area (Å²) >= 11 is 0. The Morgan fingerprint density at radius 2 is 2.24 bits per heavy atom. The summed E-state index contributed by atoms with van der Waals surface area (Å²) in [7, 11) is 0. The van der Waals surface area contributed by atoms with Crippen molar-refractivity contribution in [3.05, 3.63) is 47.3 Å². The third-order valence-electron chi connectivity index (χ3n) is 3.94. The fourth-order valence-electron chi connectivity index (χ4n) is 2.97. The number of nitrogens with one attached hydrogen (secondary N) is 1. The molecule has 0 amide bonds. The zero-order valence-electron chi connectivity index (χ0n) is 12.8. The predicted molar refractivity (Wildman–Crippen MR) is 83.7 cm³/mol. The van der Waals surface area contributed by atoms with Crippen molar-refractivity contribution < 1.29 is 4.74 Å².